The van der Waals surface area contributed by atoms with E-state index in [4.69, 9.17) is 4.42 Å². The number of hydrazone groups is 1. The topological polar surface area (TPSA) is 95.7 Å². The van der Waals surface area contributed by atoms with Crippen molar-refractivity contribution < 1.29 is 14.0 Å². The summed E-state index contributed by atoms with van der Waals surface area (Å²) in [5, 5.41) is 9.37. The molecular formula is C11H14N4O3. The fourth-order valence-corrected chi connectivity index (χ4v) is 1.58. The lowest BCUT2D eigenvalue weighted by Crippen LogP contribution is -2.54. The predicted molar refractivity (Wildman–Crippen MR) is 63.9 cm³/mol. The summed E-state index contributed by atoms with van der Waals surface area (Å²) in [5.74, 6) is 0.0580. The van der Waals surface area contributed by atoms with Crippen LogP contribution in [0.2, 0.25) is 0 Å². The molecule has 1 aromatic heterocycles. The second kappa shape index (κ2) is 5.97. The number of piperazine rings is 1. The van der Waals surface area contributed by atoms with E-state index in [0.29, 0.717) is 18.8 Å². The molecule has 1 aromatic rings. The van der Waals surface area contributed by atoms with Crippen molar-refractivity contribution in [3.05, 3.63) is 24.2 Å². The maximum absolute atomic E-state index is 11.5. The maximum atomic E-state index is 11.5. The van der Waals surface area contributed by atoms with Crippen LogP contribution in [0.5, 0.6) is 0 Å². The van der Waals surface area contributed by atoms with Gasteiger partial charge in [-0.15, -0.1) is 0 Å². The highest BCUT2D eigenvalue weighted by Crippen LogP contribution is 1.97. The quantitative estimate of drug-likeness (QED) is 0.482. The normalized spacial score (nSPS) is 19.8. The van der Waals surface area contributed by atoms with Gasteiger partial charge in [-0.05, 0) is 12.1 Å². The van der Waals surface area contributed by atoms with E-state index in [9.17, 15) is 9.59 Å². The molecule has 0 spiro atoms. The van der Waals surface area contributed by atoms with E-state index in [1.807, 2.05) is 0 Å². The van der Waals surface area contributed by atoms with Crippen LogP contribution in [0.4, 0.5) is 0 Å². The Labute approximate surface area is 104 Å². The molecule has 96 valence electrons. The average Bonchev–Trinajstić information content (AvgIpc) is 2.85. The lowest BCUT2D eigenvalue weighted by molar-refractivity contribution is -0.129. The van der Waals surface area contributed by atoms with Crippen molar-refractivity contribution in [2.75, 3.05) is 13.1 Å². The van der Waals surface area contributed by atoms with Gasteiger partial charge in [-0.2, -0.15) is 5.10 Å². The Morgan fingerprint density at radius 2 is 2.50 bits per heavy atom. The van der Waals surface area contributed by atoms with Gasteiger partial charge >= 0.3 is 0 Å². The molecule has 2 heterocycles. The molecule has 0 aromatic carbocycles. The molecule has 1 aliphatic rings. The minimum absolute atomic E-state index is 0.0569. The van der Waals surface area contributed by atoms with Crippen molar-refractivity contribution in [1.82, 2.24) is 16.1 Å². The second-order valence-corrected chi connectivity index (χ2v) is 3.81. The highest BCUT2D eigenvalue weighted by molar-refractivity contribution is 5.89. The summed E-state index contributed by atoms with van der Waals surface area (Å²) >= 11 is 0. The zero-order chi connectivity index (χ0) is 12.8. The van der Waals surface area contributed by atoms with Gasteiger partial charge in [0, 0.05) is 13.1 Å². The third-order valence-electron chi connectivity index (χ3n) is 2.45. The van der Waals surface area contributed by atoms with E-state index < -0.39 is 6.04 Å². The van der Waals surface area contributed by atoms with Gasteiger partial charge in [0.05, 0.1) is 24.9 Å². The first-order valence-corrected chi connectivity index (χ1v) is 5.62. The highest BCUT2D eigenvalue weighted by Gasteiger charge is 2.23. The van der Waals surface area contributed by atoms with Crippen LogP contribution in [0.15, 0.2) is 27.9 Å². The monoisotopic (exact) mass is 250 g/mol. The number of nitrogens with zero attached hydrogens (tertiary/aromatic N) is 1. The molecule has 2 amide bonds. The molecule has 0 bridgehead atoms. The van der Waals surface area contributed by atoms with E-state index in [1.54, 1.807) is 12.1 Å². The first-order chi connectivity index (χ1) is 8.75. The number of rotatable bonds is 4. The number of hydrogen-bond acceptors (Lipinski definition) is 5. The van der Waals surface area contributed by atoms with Crippen molar-refractivity contribution in [2.45, 2.75) is 12.5 Å². The number of carbonyl (C=O) groups excluding carboxylic acids is 2. The summed E-state index contributed by atoms with van der Waals surface area (Å²) in [4.78, 5) is 22.9. The Kier molecular flexibility index (Phi) is 4.08. The predicted octanol–water partition coefficient (Wildman–Crippen LogP) is -0.792. The smallest absolute Gasteiger partial charge is 0.242 e. The van der Waals surface area contributed by atoms with Crippen LogP contribution in [-0.2, 0) is 9.59 Å². The van der Waals surface area contributed by atoms with Crippen LogP contribution in [0.1, 0.15) is 12.2 Å². The standard InChI is InChI=1S/C11H14N4O3/c16-10(6-9-11(17)13-4-3-12-9)15-14-7-8-2-1-5-18-8/h1-2,5,7,9,12H,3-4,6H2,(H,13,17)(H,15,16). The van der Waals surface area contributed by atoms with E-state index in [2.05, 4.69) is 21.2 Å². The molecule has 7 heteroatoms. The molecule has 1 saturated heterocycles. The zero-order valence-corrected chi connectivity index (χ0v) is 9.68. The van der Waals surface area contributed by atoms with Crippen molar-refractivity contribution in [2.24, 2.45) is 5.10 Å². The molecule has 1 aliphatic heterocycles. The Morgan fingerprint density at radius 3 is 3.22 bits per heavy atom. The molecule has 0 aliphatic carbocycles. The van der Waals surface area contributed by atoms with Gasteiger partial charge in [-0.1, -0.05) is 0 Å². The highest BCUT2D eigenvalue weighted by atomic mass is 16.3. The van der Waals surface area contributed by atoms with Gasteiger partial charge in [0.2, 0.25) is 11.8 Å². The summed E-state index contributed by atoms with van der Waals surface area (Å²) in [6.07, 6.45) is 2.97. The van der Waals surface area contributed by atoms with E-state index >= 15 is 0 Å². The third kappa shape index (κ3) is 3.42. The molecule has 2 rings (SSSR count). The summed E-state index contributed by atoms with van der Waals surface area (Å²) in [6, 6.07) is 2.95. The number of carbonyl (C=O) groups is 2. The minimum atomic E-state index is -0.488. The first kappa shape index (κ1) is 12.3. The van der Waals surface area contributed by atoms with Crippen molar-refractivity contribution in [3.8, 4) is 0 Å². The number of hydrogen-bond donors (Lipinski definition) is 3. The van der Waals surface area contributed by atoms with Gasteiger partial charge in [-0.25, -0.2) is 5.43 Å². The summed E-state index contributed by atoms with van der Waals surface area (Å²) < 4.78 is 5.01. The third-order valence-corrected chi connectivity index (χ3v) is 2.45. The van der Waals surface area contributed by atoms with Crippen molar-refractivity contribution >= 4 is 18.0 Å². The molecule has 1 unspecified atom stereocenters. The van der Waals surface area contributed by atoms with Gasteiger partial charge in [-0.3, -0.25) is 9.59 Å². The number of furan rings is 1. The van der Waals surface area contributed by atoms with E-state index in [-0.39, 0.29) is 18.2 Å². The minimum Gasteiger partial charge on any atom is -0.463 e. The van der Waals surface area contributed by atoms with Crippen molar-refractivity contribution in [3.63, 3.8) is 0 Å². The fourth-order valence-electron chi connectivity index (χ4n) is 1.58. The Morgan fingerprint density at radius 1 is 1.61 bits per heavy atom. The molecule has 0 saturated carbocycles. The van der Waals surface area contributed by atoms with Gasteiger partial charge in [0.25, 0.3) is 0 Å². The van der Waals surface area contributed by atoms with Gasteiger partial charge in [0.1, 0.15) is 5.76 Å². The van der Waals surface area contributed by atoms with E-state index in [1.165, 1.54) is 12.5 Å². The molecule has 1 atom stereocenters. The Balaban J connectivity index is 1.76. The van der Waals surface area contributed by atoms with E-state index in [0.717, 1.165) is 0 Å². The van der Waals surface area contributed by atoms with Gasteiger partial charge in [0.15, 0.2) is 0 Å². The summed E-state index contributed by atoms with van der Waals surface area (Å²) in [5.41, 5.74) is 2.34. The number of amides is 2. The lowest BCUT2D eigenvalue weighted by Gasteiger charge is -2.22. The van der Waals surface area contributed by atoms with Crippen LogP contribution in [0.3, 0.4) is 0 Å². The zero-order valence-electron chi connectivity index (χ0n) is 9.68. The fraction of sp³-hybridized carbons (Fsp3) is 0.364. The molecule has 18 heavy (non-hydrogen) atoms. The molecule has 1 fully saturated rings. The Hall–Kier alpha value is -2.15. The van der Waals surface area contributed by atoms with Crippen LogP contribution in [0, 0.1) is 0 Å². The first-order valence-electron chi connectivity index (χ1n) is 5.62. The summed E-state index contributed by atoms with van der Waals surface area (Å²) in [7, 11) is 0. The largest absolute Gasteiger partial charge is 0.463 e. The van der Waals surface area contributed by atoms with Crippen molar-refractivity contribution in [1.29, 1.82) is 0 Å². The van der Waals surface area contributed by atoms with Crippen LogP contribution in [-0.4, -0.2) is 37.2 Å². The Bertz CT molecular complexity index is 441. The lowest BCUT2D eigenvalue weighted by atomic mass is 10.1. The molecular weight excluding hydrogens is 236 g/mol. The van der Waals surface area contributed by atoms with Gasteiger partial charge < -0.3 is 15.1 Å². The SMILES string of the molecule is O=C(CC1NCCNC1=O)NN=Cc1ccco1. The van der Waals surface area contributed by atoms with Crippen LogP contribution >= 0.6 is 0 Å². The molecule has 0 radical (unpaired) electrons. The average molecular weight is 250 g/mol. The summed E-state index contributed by atoms with van der Waals surface area (Å²) in [6.45, 7) is 1.26. The maximum Gasteiger partial charge on any atom is 0.242 e. The second-order valence-electron chi connectivity index (χ2n) is 3.81. The number of nitrogens with one attached hydrogen (secondary N) is 3. The van der Waals surface area contributed by atoms with Crippen LogP contribution in [0.25, 0.3) is 0 Å². The van der Waals surface area contributed by atoms with Crippen LogP contribution < -0.4 is 16.1 Å². The molecule has 7 nitrogen and oxygen atoms in total. The molecule has 3 N–H and O–H groups in total.